The Balaban J connectivity index is 1.83. The Hall–Kier alpha value is -2.51. The van der Waals surface area contributed by atoms with E-state index < -0.39 is 5.97 Å². The molecule has 0 radical (unpaired) electrons. The fraction of sp³-hybridized carbons (Fsp3) is 0.632. The number of amides is 3. The standard InChI is InChI=1S/C19H29N3O5/c1-5-21(6-2)19(25)22-9-7-14(8-10-22)17(23)20-12-15-11-16(13(3)27-15)18(24)26-4/h11,14H,5-10,12H2,1-4H3,(H,20,23). The Morgan fingerprint density at radius 1 is 1.26 bits per heavy atom. The number of carbonyl (C=O) groups is 3. The lowest BCUT2D eigenvalue weighted by atomic mass is 9.96. The van der Waals surface area contributed by atoms with Gasteiger partial charge in [0.05, 0.1) is 13.7 Å². The molecule has 150 valence electrons. The first-order chi connectivity index (χ1) is 12.9. The summed E-state index contributed by atoms with van der Waals surface area (Å²) < 4.78 is 10.2. The topological polar surface area (TPSA) is 92.1 Å². The molecule has 1 saturated heterocycles. The van der Waals surface area contributed by atoms with Gasteiger partial charge in [-0.15, -0.1) is 0 Å². The Morgan fingerprint density at radius 2 is 1.89 bits per heavy atom. The van der Waals surface area contributed by atoms with Gasteiger partial charge in [-0.05, 0) is 39.7 Å². The van der Waals surface area contributed by atoms with Crippen LogP contribution in [0.1, 0.15) is 48.6 Å². The highest BCUT2D eigenvalue weighted by Gasteiger charge is 2.29. The van der Waals surface area contributed by atoms with Crippen LogP contribution in [0.25, 0.3) is 0 Å². The van der Waals surface area contributed by atoms with Crippen LogP contribution in [0.5, 0.6) is 0 Å². The summed E-state index contributed by atoms with van der Waals surface area (Å²) in [6.45, 7) is 8.36. The molecular formula is C19H29N3O5. The molecule has 0 atom stereocenters. The van der Waals surface area contributed by atoms with Crippen molar-refractivity contribution in [3.63, 3.8) is 0 Å². The lowest BCUT2D eigenvalue weighted by molar-refractivity contribution is -0.126. The molecule has 0 saturated carbocycles. The van der Waals surface area contributed by atoms with Crippen LogP contribution in [0, 0.1) is 12.8 Å². The number of esters is 1. The number of carbonyl (C=O) groups excluding carboxylic acids is 3. The summed E-state index contributed by atoms with van der Waals surface area (Å²) in [6, 6.07) is 1.63. The summed E-state index contributed by atoms with van der Waals surface area (Å²) in [6.07, 6.45) is 1.28. The third kappa shape index (κ3) is 5.02. The molecule has 1 aliphatic heterocycles. The number of methoxy groups -OCH3 is 1. The molecule has 3 amide bonds. The van der Waals surface area contributed by atoms with Crippen LogP contribution >= 0.6 is 0 Å². The van der Waals surface area contributed by atoms with Crippen molar-refractivity contribution in [1.29, 1.82) is 0 Å². The molecule has 0 aromatic carbocycles. The molecule has 0 bridgehead atoms. The summed E-state index contributed by atoms with van der Waals surface area (Å²) in [5, 5.41) is 2.86. The smallest absolute Gasteiger partial charge is 0.341 e. The van der Waals surface area contributed by atoms with Gasteiger partial charge < -0.3 is 24.3 Å². The third-order valence-corrected chi connectivity index (χ3v) is 4.98. The number of hydrogen-bond donors (Lipinski definition) is 1. The van der Waals surface area contributed by atoms with E-state index in [4.69, 9.17) is 9.15 Å². The molecule has 0 spiro atoms. The average Bonchev–Trinajstić information content (AvgIpc) is 3.07. The predicted octanol–water partition coefficient (Wildman–Crippen LogP) is 2.16. The molecule has 1 fully saturated rings. The number of rotatable bonds is 6. The number of urea groups is 1. The van der Waals surface area contributed by atoms with Gasteiger partial charge >= 0.3 is 12.0 Å². The normalized spacial score (nSPS) is 14.7. The lowest BCUT2D eigenvalue weighted by Crippen LogP contribution is -2.48. The zero-order valence-electron chi connectivity index (χ0n) is 16.5. The minimum Gasteiger partial charge on any atom is -0.465 e. The van der Waals surface area contributed by atoms with E-state index in [0.29, 0.717) is 56.1 Å². The second kappa shape index (κ2) is 9.43. The number of furan rings is 1. The molecule has 1 aliphatic rings. The fourth-order valence-electron chi connectivity index (χ4n) is 3.29. The largest absolute Gasteiger partial charge is 0.465 e. The van der Waals surface area contributed by atoms with E-state index in [-0.39, 0.29) is 24.4 Å². The number of hydrogen-bond acceptors (Lipinski definition) is 5. The van der Waals surface area contributed by atoms with E-state index in [2.05, 4.69) is 5.32 Å². The van der Waals surface area contributed by atoms with Gasteiger partial charge in [0.1, 0.15) is 17.1 Å². The van der Waals surface area contributed by atoms with E-state index >= 15 is 0 Å². The lowest BCUT2D eigenvalue weighted by Gasteiger charge is -2.34. The van der Waals surface area contributed by atoms with E-state index in [1.165, 1.54) is 7.11 Å². The van der Waals surface area contributed by atoms with Gasteiger partial charge in [0.15, 0.2) is 0 Å². The zero-order valence-corrected chi connectivity index (χ0v) is 16.5. The van der Waals surface area contributed by atoms with Crippen molar-refractivity contribution in [1.82, 2.24) is 15.1 Å². The molecule has 0 aliphatic carbocycles. The zero-order chi connectivity index (χ0) is 20.0. The van der Waals surface area contributed by atoms with Crippen molar-refractivity contribution in [3.8, 4) is 0 Å². The van der Waals surface area contributed by atoms with Crippen LogP contribution in [-0.2, 0) is 16.1 Å². The summed E-state index contributed by atoms with van der Waals surface area (Å²) >= 11 is 0. The first-order valence-electron chi connectivity index (χ1n) is 9.40. The molecule has 1 aromatic rings. The average molecular weight is 379 g/mol. The number of aryl methyl sites for hydroxylation is 1. The maximum atomic E-state index is 12.4. The van der Waals surface area contributed by atoms with Crippen LogP contribution in [0.2, 0.25) is 0 Å². The second-order valence-corrected chi connectivity index (χ2v) is 6.61. The Kier molecular flexibility index (Phi) is 7.27. The maximum Gasteiger partial charge on any atom is 0.341 e. The van der Waals surface area contributed by atoms with Crippen LogP contribution in [-0.4, -0.2) is 61.0 Å². The molecule has 27 heavy (non-hydrogen) atoms. The highest BCUT2D eigenvalue weighted by Crippen LogP contribution is 2.20. The maximum absolute atomic E-state index is 12.4. The first-order valence-corrected chi connectivity index (χ1v) is 9.40. The van der Waals surface area contributed by atoms with Gasteiger partial charge in [-0.2, -0.15) is 0 Å². The van der Waals surface area contributed by atoms with Crippen molar-refractivity contribution in [2.45, 2.75) is 40.2 Å². The predicted molar refractivity (Wildman–Crippen MR) is 99.2 cm³/mol. The minimum absolute atomic E-state index is 0.0419. The van der Waals surface area contributed by atoms with Crippen LogP contribution in [0.15, 0.2) is 10.5 Å². The number of likely N-dealkylation sites (tertiary alicyclic amines) is 1. The quantitative estimate of drug-likeness (QED) is 0.765. The summed E-state index contributed by atoms with van der Waals surface area (Å²) in [4.78, 5) is 40.0. The second-order valence-electron chi connectivity index (χ2n) is 6.61. The van der Waals surface area contributed by atoms with Crippen LogP contribution < -0.4 is 5.32 Å². The van der Waals surface area contributed by atoms with Gasteiger partial charge in [-0.3, -0.25) is 4.79 Å². The highest BCUT2D eigenvalue weighted by molar-refractivity contribution is 5.90. The first kappa shape index (κ1) is 20.8. The van der Waals surface area contributed by atoms with Crippen molar-refractivity contribution in [2.24, 2.45) is 5.92 Å². The monoisotopic (exact) mass is 379 g/mol. The Morgan fingerprint density at radius 3 is 2.44 bits per heavy atom. The van der Waals surface area contributed by atoms with Crippen LogP contribution in [0.3, 0.4) is 0 Å². The molecule has 8 nitrogen and oxygen atoms in total. The van der Waals surface area contributed by atoms with Crippen molar-refractivity contribution < 1.29 is 23.5 Å². The van der Waals surface area contributed by atoms with Gasteiger partial charge in [-0.25, -0.2) is 9.59 Å². The van der Waals surface area contributed by atoms with E-state index in [0.717, 1.165) is 0 Å². The fourth-order valence-corrected chi connectivity index (χ4v) is 3.29. The van der Waals surface area contributed by atoms with Crippen molar-refractivity contribution in [2.75, 3.05) is 33.3 Å². The summed E-state index contributed by atoms with van der Waals surface area (Å²) in [5.41, 5.74) is 0.366. The SMILES string of the molecule is CCN(CC)C(=O)N1CCC(C(=O)NCc2cc(C(=O)OC)c(C)o2)CC1. The van der Waals surface area contributed by atoms with E-state index in [1.54, 1.807) is 17.9 Å². The van der Waals surface area contributed by atoms with Gasteiger partial charge in [0, 0.05) is 32.1 Å². The minimum atomic E-state index is -0.459. The summed E-state index contributed by atoms with van der Waals surface area (Å²) in [7, 11) is 1.31. The number of nitrogens with zero attached hydrogens (tertiary/aromatic N) is 2. The van der Waals surface area contributed by atoms with E-state index in [1.807, 2.05) is 18.7 Å². The van der Waals surface area contributed by atoms with Gasteiger partial charge in [0.25, 0.3) is 0 Å². The molecular weight excluding hydrogens is 350 g/mol. The number of piperidine rings is 1. The van der Waals surface area contributed by atoms with Crippen molar-refractivity contribution in [3.05, 3.63) is 23.2 Å². The van der Waals surface area contributed by atoms with Gasteiger partial charge in [-0.1, -0.05) is 0 Å². The van der Waals surface area contributed by atoms with Gasteiger partial charge in [0.2, 0.25) is 5.91 Å². The number of ether oxygens (including phenoxy) is 1. The molecule has 1 N–H and O–H groups in total. The highest BCUT2D eigenvalue weighted by atomic mass is 16.5. The summed E-state index contributed by atoms with van der Waals surface area (Å²) in [5.74, 6) is 0.337. The third-order valence-electron chi connectivity index (χ3n) is 4.98. The molecule has 2 heterocycles. The Bertz CT molecular complexity index is 673. The molecule has 2 rings (SSSR count). The molecule has 0 unspecified atom stereocenters. The van der Waals surface area contributed by atoms with E-state index in [9.17, 15) is 14.4 Å². The van der Waals surface area contributed by atoms with Crippen molar-refractivity contribution >= 4 is 17.9 Å². The van der Waals surface area contributed by atoms with Crippen LogP contribution in [0.4, 0.5) is 4.79 Å². The molecule has 1 aromatic heterocycles. The molecule has 8 heteroatoms. The number of nitrogens with one attached hydrogen (secondary N) is 1. The Labute approximate surface area is 159 Å².